The van der Waals surface area contributed by atoms with Crippen molar-refractivity contribution >= 4 is 34.8 Å². The Labute approximate surface area is 151 Å². The van der Waals surface area contributed by atoms with E-state index >= 15 is 0 Å². The second-order valence-corrected chi connectivity index (χ2v) is 6.27. The van der Waals surface area contributed by atoms with Crippen molar-refractivity contribution in [2.24, 2.45) is 5.10 Å². The Balaban J connectivity index is 1.74. The van der Waals surface area contributed by atoms with Gasteiger partial charge in [0, 0.05) is 24.4 Å². The van der Waals surface area contributed by atoms with Gasteiger partial charge >= 0.3 is 0 Å². The quantitative estimate of drug-likeness (QED) is 0.913. The van der Waals surface area contributed by atoms with E-state index in [0.717, 1.165) is 11.1 Å². The zero-order chi connectivity index (χ0) is 17.8. The molecule has 1 aliphatic rings. The normalized spacial score (nSPS) is 14.2. The van der Waals surface area contributed by atoms with Gasteiger partial charge in [-0.05, 0) is 36.2 Å². The Morgan fingerprint density at radius 1 is 1.20 bits per heavy atom. The average molecular weight is 356 g/mol. The predicted molar refractivity (Wildman–Crippen MR) is 98.6 cm³/mol. The fourth-order valence-electron chi connectivity index (χ4n) is 2.60. The number of aryl methyl sites for hydroxylation is 1. The maximum absolute atomic E-state index is 12.4. The summed E-state index contributed by atoms with van der Waals surface area (Å²) in [5.41, 5.74) is 2.87. The van der Waals surface area contributed by atoms with E-state index in [2.05, 4.69) is 10.4 Å². The Morgan fingerprint density at radius 2 is 2.00 bits per heavy atom. The first-order valence-corrected chi connectivity index (χ1v) is 8.41. The molecule has 2 amide bonds. The number of rotatable bonds is 4. The third kappa shape index (κ3) is 4.06. The molecule has 5 nitrogen and oxygen atoms in total. The summed E-state index contributed by atoms with van der Waals surface area (Å²) in [5, 5.41) is 8.99. The van der Waals surface area contributed by atoms with E-state index in [-0.39, 0.29) is 18.2 Å². The summed E-state index contributed by atoms with van der Waals surface area (Å²) < 4.78 is 0. The highest BCUT2D eigenvalue weighted by Gasteiger charge is 2.25. The molecule has 2 aromatic carbocycles. The van der Waals surface area contributed by atoms with Gasteiger partial charge in [-0.2, -0.15) is 5.10 Å². The van der Waals surface area contributed by atoms with E-state index in [1.165, 1.54) is 5.01 Å². The van der Waals surface area contributed by atoms with Crippen molar-refractivity contribution < 1.29 is 9.59 Å². The second-order valence-electron chi connectivity index (χ2n) is 5.87. The van der Waals surface area contributed by atoms with Gasteiger partial charge in [0.15, 0.2) is 0 Å². The van der Waals surface area contributed by atoms with Crippen molar-refractivity contribution in [1.82, 2.24) is 5.32 Å². The van der Waals surface area contributed by atoms with Gasteiger partial charge in [-0.1, -0.05) is 41.9 Å². The molecular weight excluding hydrogens is 338 g/mol. The molecule has 128 valence electrons. The van der Waals surface area contributed by atoms with Crippen molar-refractivity contribution in [1.29, 1.82) is 0 Å². The van der Waals surface area contributed by atoms with Gasteiger partial charge in [0.2, 0.25) is 5.91 Å². The third-order valence-corrected chi connectivity index (χ3v) is 4.31. The molecule has 0 atom stereocenters. The minimum atomic E-state index is -0.287. The van der Waals surface area contributed by atoms with Crippen LogP contribution in [0.1, 0.15) is 24.0 Å². The molecule has 0 saturated heterocycles. The van der Waals surface area contributed by atoms with E-state index in [1.807, 2.05) is 43.3 Å². The number of benzene rings is 2. The first-order chi connectivity index (χ1) is 12.0. The molecule has 0 unspecified atom stereocenters. The van der Waals surface area contributed by atoms with Gasteiger partial charge in [-0.15, -0.1) is 0 Å². The number of carbonyl (C=O) groups is 2. The van der Waals surface area contributed by atoms with Crippen LogP contribution >= 0.6 is 11.6 Å². The van der Waals surface area contributed by atoms with Crippen molar-refractivity contribution in [2.75, 3.05) is 5.01 Å². The highest BCUT2D eigenvalue weighted by Crippen LogP contribution is 2.21. The molecule has 1 N–H and O–H groups in total. The van der Waals surface area contributed by atoms with Crippen LogP contribution in [0, 0.1) is 6.92 Å². The van der Waals surface area contributed by atoms with Gasteiger partial charge < -0.3 is 5.32 Å². The van der Waals surface area contributed by atoms with Crippen LogP contribution in [0.4, 0.5) is 5.69 Å². The van der Waals surface area contributed by atoms with Crippen LogP contribution < -0.4 is 10.3 Å². The highest BCUT2D eigenvalue weighted by molar-refractivity contribution is 6.40. The predicted octanol–water partition coefficient (Wildman–Crippen LogP) is 3.45. The topological polar surface area (TPSA) is 61.8 Å². The van der Waals surface area contributed by atoms with E-state index in [1.54, 1.807) is 12.1 Å². The summed E-state index contributed by atoms with van der Waals surface area (Å²) >= 11 is 6.10. The van der Waals surface area contributed by atoms with Crippen molar-refractivity contribution in [3.05, 3.63) is 64.7 Å². The molecule has 0 radical (unpaired) electrons. The van der Waals surface area contributed by atoms with E-state index in [0.29, 0.717) is 29.4 Å². The zero-order valence-corrected chi connectivity index (χ0v) is 14.6. The van der Waals surface area contributed by atoms with Crippen LogP contribution in [0.2, 0.25) is 5.02 Å². The molecule has 3 rings (SSSR count). The zero-order valence-electron chi connectivity index (χ0n) is 13.8. The smallest absolute Gasteiger partial charge is 0.267 e. The fourth-order valence-corrected chi connectivity index (χ4v) is 2.80. The molecule has 0 fully saturated rings. The number of halogens is 1. The minimum Gasteiger partial charge on any atom is -0.347 e. The minimum absolute atomic E-state index is 0.117. The van der Waals surface area contributed by atoms with Crippen LogP contribution in [0.15, 0.2) is 53.6 Å². The molecule has 25 heavy (non-hydrogen) atoms. The number of hydrazone groups is 1. The number of hydrogen-bond acceptors (Lipinski definition) is 3. The fraction of sp³-hybridized carbons (Fsp3) is 0.211. The maximum Gasteiger partial charge on any atom is 0.267 e. The van der Waals surface area contributed by atoms with Gasteiger partial charge in [0.25, 0.3) is 5.91 Å². The standard InChI is InChI=1S/C19H18ClN3O2/c1-13-5-4-7-15(11-13)23-18(24)10-9-17(22-23)19(25)21-12-14-6-2-3-8-16(14)20/h2-8,11H,9-10,12H2,1H3,(H,21,25). The first-order valence-electron chi connectivity index (χ1n) is 8.03. The summed E-state index contributed by atoms with van der Waals surface area (Å²) in [5.74, 6) is -0.404. The molecule has 1 aliphatic heterocycles. The van der Waals surface area contributed by atoms with Crippen molar-refractivity contribution in [3.8, 4) is 0 Å². The average Bonchev–Trinajstić information content (AvgIpc) is 2.61. The van der Waals surface area contributed by atoms with Gasteiger partial charge in [-0.3, -0.25) is 9.59 Å². The molecule has 2 aromatic rings. The summed E-state index contributed by atoms with van der Waals surface area (Å²) in [6, 6.07) is 14.8. The second kappa shape index (κ2) is 7.49. The lowest BCUT2D eigenvalue weighted by atomic mass is 10.1. The summed E-state index contributed by atoms with van der Waals surface area (Å²) in [7, 11) is 0. The van der Waals surface area contributed by atoms with Crippen LogP contribution in [0.3, 0.4) is 0 Å². The molecule has 0 aromatic heterocycles. The molecular formula is C19H18ClN3O2. The largest absolute Gasteiger partial charge is 0.347 e. The Bertz CT molecular complexity index is 848. The van der Waals surface area contributed by atoms with E-state index < -0.39 is 0 Å². The number of nitrogens with zero attached hydrogens (tertiary/aromatic N) is 2. The molecule has 0 aliphatic carbocycles. The van der Waals surface area contributed by atoms with Gasteiger partial charge in [0.1, 0.15) is 5.71 Å². The lowest BCUT2D eigenvalue weighted by Gasteiger charge is -2.23. The Morgan fingerprint density at radius 3 is 2.76 bits per heavy atom. The maximum atomic E-state index is 12.4. The molecule has 6 heteroatoms. The van der Waals surface area contributed by atoms with Crippen LogP contribution in [-0.4, -0.2) is 17.5 Å². The molecule has 1 heterocycles. The van der Waals surface area contributed by atoms with Gasteiger partial charge in [-0.25, -0.2) is 5.01 Å². The Kier molecular flexibility index (Phi) is 5.14. The summed E-state index contributed by atoms with van der Waals surface area (Å²) in [4.78, 5) is 24.6. The summed E-state index contributed by atoms with van der Waals surface area (Å²) in [6.07, 6.45) is 0.585. The van der Waals surface area contributed by atoms with E-state index in [9.17, 15) is 9.59 Å². The number of nitrogens with one attached hydrogen (secondary N) is 1. The van der Waals surface area contributed by atoms with Crippen molar-refractivity contribution in [3.63, 3.8) is 0 Å². The van der Waals surface area contributed by atoms with Crippen LogP contribution in [0.25, 0.3) is 0 Å². The third-order valence-electron chi connectivity index (χ3n) is 3.94. The first kappa shape index (κ1) is 17.2. The van der Waals surface area contributed by atoms with E-state index in [4.69, 9.17) is 11.6 Å². The highest BCUT2D eigenvalue weighted by atomic mass is 35.5. The summed E-state index contributed by atoms with van der Waals surface area (Å²) in [6.45, 7) is 2.26. The lowest BCUT2D eigenvalue weighted by Crippen LogP contribution is -2.39. The van der Waals surface area contributed by atoms with Gasteiger partial charge in [0.05, 0.1) is 5.69 Å². The SMILES string of the molecule is Cc1cccc(N2N=C(C(=O)NCc3ccccc3Cl)CCC2=O)c1. The number of anilines is 1. The lowest BCUT2D eigenvalue weighted by molar-refractivity contribution is -0.119. The van der Waals surface area contributed by atoms with Crippen LogP contribution in [-0.2, 0) is 16.1 Å². The number of amides is 2. The van der Waals surface area contributed by atoms with Crippen molar-refractivity contribution in [2.45, 2.75) is 26.3 Å². The molecule has 0 bridgehead atoms. The molecule has 0 saturated carbocycles. The number of carbonyl (C=O) groups excluding carboxylic acids is 2. The number of hydrogen-bond donors (Lipinski definition) is 1. The Hall–Kier alpha value is -2.66. The van der Waals surface area contributed by atoms with Crippen LogP contribution in [0.5, 0.6) is 0 Å². The monoisotopic (exact) mass is 355 g/mol. The molecule has 0 spiro atoms.